The minimum absolute atomic E-state index is 0.102. The monoisotopic (exact) mass is 362 g/mol. The summed E-state index contributed by atoms with van der Waals surface area (Å²) in [6, 6.07) is 3.40. The molecule has 1 fully saturated rings. The van der Waals surface area contributed by atoms with Gasteiger partial charge in [0.1, 0.15) is 17.6 Å². The van der Waals surface area contributed by atoms with Gasteiger partial charge in [-0.3, -0.25) is 4.79 Å². The van der Waals surface area contributed by atoms with Gasteiger partial charge in [-0.05, 0) is 32.3 Å². The number of rotatable bonds is 4. The molecule has 7 heteroatoms. The van der Waals surface area contributed by atoms with Crippen LogP contribution in [0, 0.1) is 11.8 Å². The molecule has 1 saturated heterocycles. The SMILES string of the molecule is CCOc1cc2c(cc1NC(=O)N1CC(C)CC(C(=O)O)C1)OC(C)C2. The number of carboxylic acid groups (broad SMARTS) is 1. The van der Waals surface area contributed by atoms with E-state index in [9.17, 15) is 14.7 Å². The summed E-state index contributed by atoms with van der Waals surface area (Å²) in [5.41, 5.74) is 1.62. The number of benzene rings is 1. The highest BCUT2D eigenvalue weighted by molar-refractivity contribution is 5.92. The molecule has 2 N–H and O–H groups in total. The van der Waals surface area contributed by atoms with Gasteiger partial charge < -0.3 is 24.8 Å². The van der Waals surface area contributed by atoms with E-state index in [1.165, 1.54) is 0 Å². The number of ether oxygens (including phenoxy) is 2. The van der Waals surface area contributed by atoms with Crippen molar-refractivity contribution in [3.05, 3.63) is 17.7 Å². The summed E-state index contributed by atoms with van der Waals surface area (Å²) in [5.74, 6) is 0.124. The summed E-state index contributed by atoms with van der Waals surface area (Å²) in [7, 11) is 0. The molecule has 0 spiro atoms. The zero-order valence-corrected chi connectivity index (χ0v) is 15.4. The highest BCUT2D eigenvalue weighted by atomic mass is 16.5. The highest BCUT2D eigenvalue weighted by Gasteiger charge is 2.32. The lowest BCUT2D eigenvalue weighted by molar-refractivity contribution is -0.143. The van der Waals surface area contributed by atoms with Gasteiger partial charge in [-0.25, -0.2) is 4.79 Å². The van der Waals surface area contributed by atoms with Crippen LogP contribution in [0.15, 0.2) is 12.1 Å². The first-order chi connectivity index (χ1) is 12.4. The van der Waals surface area contributed by atoms with Crippen molar-refractivity contribution in [3.63, 3.8) is 0 Å². The van der Waals surface area contributed by atoms with Crippen LogP contribution in [0.2, 0.25) is 0 Å². The number of carbonyl (C=O) groups excluding carboxylic acids is 1. The molecule has 7 nitrogen and oxygen atoms in total. The Kier molecular flexibility index (Phi) is 5.25. The number of carboxylic acids is 1. The topological polar surface area (TPSA) is 88.1 Å². The third-order valence-corrected chi connectivity index (χ3v) is 4.84. The minimum Gasteiger partial charge on any atom is -0.492 e. The van der Waals surface area contributed by atoms with Crippen LogP contribution in [0.25, 0.3) is 0 Å². The van der Waals surface area contributed by atoms with Gasteiger partial charge in [0.2, 0.25) is 0 Å². The lowest BCUT2D eigenvalue weighted by atomic mass is 9.91. The van der Waals surface area contributed by atoms with Crippen LogP contribution in [0.3, 0.4) is 0 Å². The summed E-state index contributed by atoms with van der Waals surface area (Å²) in [4.78, 5) is 25.6. The number of likely N-dealkylation sites (tertiary alicyclic amines) is 1. The summed E-state index contributed by atoms with van der Waals surface area (Å²) < 4.78 is 11.5. The summed E-state index contributed by atoms with van der Waals surface area (Å²) in [6.07, 6.45) is 1.51. The van der Waals surface area contributed by atoms with Gasteiger partial charge >= 0.3 is 12.0 Å². The predicted molar refractivity (Wildman–Crippen MR) is 96.9 cm³/mol. The first-order valence-corrected chi connectivity index (χ1v) is 9.12. The quantitative estimate of drug-likeness (QED) is 0.860. The number of fused-ring (bicyclic) bond motifs is 1. The smallest absolute Gasteiger partial charge is 0.321 e. The van der Waals surface area contributed by atoms with E-state index in [-0.39, 0.29) is 24.6 Å². The van der Waals surface area contributed by atoms with Crippen LogP contribution in [0.5, 0.6) is 11.5 Å². The molecule has 2 aliphatic rings. The van der Waals surface area contributed by atoms with E-state index in [0.717, 1.165) is 17.7 Å². The fourth-order valence-electron chi connectivity index (χ4n) is 3.70. The Morgan fingerprint density at radius 2 is 2.12 bits per heavy atom. The molecule has 1 aromatic rings. The molecule has 142 valence electrons. The molecule has 2 amide bonds. The lowest BCUT2D eigenvalue weighted by Gasteiger charge is -2.34. The lowest BCUT2D eigenvalue weighted by Crippen LogP contribution is -2.47. The summed E-state index contributed by atoms with van der Waals surface area (Å²) >= 11 is 0. The molecule has 2 heterocycles. The van der Waals surface area contributed by atoms with Crippen molar-refractivity contribution in [1.29, 1.82) is 0 Å². The largest absolute Gasteiger partial charge is 0.492 e. The normalized spacial score (nSPS) is 24.6. The fourth-order valence-corrected chi connectivity index (χ4v) is 3.70. The second-order valence-electron chi connectivity index (χ2n) is 7.23. The van der Waals surface area contributed by atoms with Gasteiger partial charge in [0.15, 0.2) is 0 Å². The number of anilines is 1. The maximum atomic E-state index is 12.7. The Balaban J connectivity index is 1.78. The van der Waals surface area contributed by atoms with Gasteiger partial charge in [0.25, 0.3) is 0 Å². The number of urea groups is 1. The van der Waals surface area contributed by atoms with E-state index >= 15 is 0 Å². The van der Waals surface area contributed by atoms with Crippen LogP contribution < -0.4 is 14.8 Å². The molecule has 3 atom stereocenters. The van der Waals surface area contributed by atoms with E-state index < -0.39 is 11.9 Å². The Morgan fingerprint density at radius 1 is 1.35 bits per heavy atom. The third kappa shape index (κ3) is 3.86. The summed E-state index contributed by atoms with van der Waals surface area (Å²) in [6.45, 7) is 7.10. The predicted octanol–water partition coefficient (Wildman–Crippen LogP) is 2.98. The van der Waals surface area contributed by atoms with Crippen molar-refractivity contribution in [3.8, 4) is 11.5 Å². The highest BCUT2D eigenvalue weighted by Crippen LogP contribution is 2.38. The van der Waals surface area contributed by atoms with E-state index in [4.69, 9.17) is 9.47 Å². The molecule has 3 unspecified atom stereocenters. The van der Waals surface area contributed by atoms with Gasteiger partial charge in [0, 0.05) is 31.1 Å². The molecule has 3 rings (SSSR count). The maximum absolute atomic E-state index is 12.7. The van der Waals surface area contributed by atoms with Crippen LogP contribution >= 0.6 is 0 Å². The van der Waals surface area contributed by atoms with Gasteiger partial charge in [-0.2, -0.15) is 0 Å². The van der Waals surface area contributed by atoms with Crippen LogP contribution in [-0.4, -0.2) is 47.8 Å². The Hall–Kier alpha value is -2.44. The number of nitrogens with zero attached hydrogens (tertiary/aromatic N) is 1. The van der Waals surface area contributed by atoms with E-state index in [0.29, 0.717) is 31.0 Å². The standard InChI is InChI=1S/C19H26N2O5/c1-4-25-17-7-13-6-12(3)26-16(13)8-15(17)20-19(24)21-9-11(2)5-14(10-21)18(22)23/h7-8,11-12,14H,4-6,9-10H2,1-3H3,(H,20,24)(H,22,23). The molecule has 1 aromatic carbocycles. The molecular formula is C19H26N2O5. The maximum Gasteiger partial charge on any atom is 0.321 e. The van der Waals surface area contributed by atoms with Crippen LogP contribution in [0.4, 0.5) is 10.5 Å². The first-order valence-electron chi connectivity index (χ1n) is 9.12. The number of aliphatic carboxylic acids is 1. The molecule has 0 saturated carbocycles. The Morgan fingerprint density at radius 3 is 2.81 bits per heavy atom. The van der Waals surface area contributed by atoms with Gasteiger partial charge in [0.05, 0.1) is 18.2 Å². The molecule has 26 heavy (non-hydrogen) atoms. The van der Waals surface area contributed by atoms with Crippen LogP contribution in [0.1, 0.15) is 32.8 Å². The fraction of sp³-hybridized carbons (Fsp3) is 0.579. The van der Waals surface area contributed by atoms with E-state index in [1.54, 1.807) is 11.0 Å². The second kappa shape index (κ2) is 7.43. The Labute approximate surface area is 153 Å². The number of amides is 2. The van der Waals surface area contributed by atoms with Crippen molar-refractivity contribution in [2.45, 2.75) is 39.7 Å². The molecule has 0 aromatic heterocycles. The molecular weight excluding hydrogens is 336 g/mol. The summed E-state index contributed by atoms with van der Waals surface area (Å²) in [5, 5.41) is 12.2. The Bertz CT molecular complexity index is 705. The number of hydrogen-bond acceptors (Lipinski definition) is 4. The molecule has 0 bridgehead atoms. The van der Waals surface area contributed by atoms with Crippen molar-refractivity contribution < 1.29 is 24.2 Å². The third-order valence-electron chi connectivity index (χ3n) is 4.84. The average Bonchev–Trinajstić information content (AvgIpc) is 2.93. The minimum atomic E-state index is -0.857. The van der Waals surface area contributed by atoms with Crippen molar-refractivity contribution in [2.75, 3.05) is 25.0 Å². The molecule has 2 aliphatic heterocycles. The number of nitrogens with one attached hydrogen (secondary N) is 1. The number of piperidine rings is 1. The van der Waals surface area contributed by atoms with Crippen molar-refractivity contribution in [1.82, 2.24) is 4.90 Å². The second-order valence-corrected chi connectivity index (χ2v) is 7.23. The van der Waals surface area contributed by atoms with Crippen molar-refractivity contribution in [2.24, 2.45) is 11.8 Å². The molecule has 0 aliphatic carbocycles. The molecule has 0 radical (unpaired) electrons. The van der Waals surface area contributed by atoms with Gasteiger partial charge in [-0.15, -0.1) is 0 Å². The zero-order chi connectivity index (χ0) is 18.8. The first kappa shape index (κ1) is 18.4. The van der Waals surface area contributed by atoms with Crippen molar-refractivity contribution >= 4 is 17.7 Å². The van der Waals surface area contributed by atoms with E-state index in [1.807, 2.05) is 26.8 Å². The zero-order valence-electron chi connectivity index (χ0n) is 15.4. The van der Waals surface area contributed by atoms with Crippen LogP contribution in [-0.2, 0) is 11.2 Å². The van der Waals surface area contributed by atoms with Gasteiger partial charge in [-0.1, -0.05) is 6.92 Å². The number of hydrogen-bond donors (Lipinski definition) is 2. The number of carbonyl (C=O) groups is 2. The average molecular weight is 362 g/mol. The van der Waals surface area contributed by atoms with E-state index in [2.05, 4.69) is 5.32 Å².